The maximum atomic E-state index is 12.9. The number of carboxylic acids is 1. The van der Waals surface area contributed by atoms with Gasteiger partial charge in [0.15, 0.2) is 0 Å². The Kier molecular flexibility index (Phi) is 4.41. The molecule has 0 unspecified atom stereocenters. The molecule has 0 aromatic heterocycles. The summed E-state index contributed by atoms with van der Waals surface area (Å²) in [6.45, 7) is 3.05. The first-order valence-electron chi connectivity index (χ1n) is 8.39. The van der Waals surface area contributed by atoms with E-state index in [1.807, 2.05) is 12.2 Å². The average molecular weight is 321 g/mol. The van der Waals surface area contributed by atoms with Crippen LogP contribution in [0.1, 0.15) is 26.2 Å². The first-order chi connectivity index (χ1) is 11.0. The van der Waals surface area contributed by atoms with Crippen molar-refractivity contribution in [2.45, 2.75) is 26.2 Å². The zero-order valence-corrected chi connectivity index (χ0v) is 13.3. The molecule has 0 aromatic rings. The number of amides is 1. The molecule has 1 saturated heterocycles. The minimum atomic E-state index is -0.890. The third-order valence-electron chi connectivity index (χ3n) is 5.38. The standard InChI is InChI=1S/C17H23NO5/c1-2-23-17(22)12-4-3-7-18(9-12)15(19)13-10-5-6-11(8-10)14(13)16(20)21/h5-6,10-14H,2-4,7-9H2,1H3,(H,20,21)/t10-,11-,12+,13+,14-/m1/s1. The zero-order chi connectivity index (χ0) is 16.6. The monoisotopic (exact) mass is 321 g/mol. The van der Waals surface area contributed by atoms with Crippen molar-refractivity contribution in [1.82, 2.24) is 4.90 Å². The molecule has 2 aliphatic carbocycles. The summed E-state index contributed by atoms with van der Waals surface area (Å²) in [5, 5.41) is 9.48. The van der Waals surface area contributed by atoms with Gasteiger partial charge in [0, 0.05) is 13.1 Å². The maximum absolute atomic E-state index is 12.9. The number of hydrogen-bond donors (Lipinski definition) is 1. The summed E-state index contributed by atoms with van der Waals surface area (Å²) < 4.78 is 5.06. The predicted molar refractivity (Wildman–Crippen MR) is 81.3 cm³/mol. The highest BCUT2D eigenvalue weighted by atomic mass is 16.5. The van der Waals surface area contributed by atoms with E-state index in [-0.39, 0.29) is 29.6 Å². The fraction of sp³-hybridized carbons (Fsp3) is 0.706. The van der Waals surface area contributed by atoms with Gasteiger partial charge < -0.3 is 14.7 Å². The second kappa shape index (κ2) is 6.34. The van der Waals surface area contributed by atoms with E-state index in [0.717, 1.165) is 19.3 Å². The number of allylic oxidation sites excluding steroid dienone is 2. The summed E-state index contributed by atoms with van der Waals surface area (Å²) in [7, 11) is 0. The number of carboxylic acid groups (broad SMARTS) is 1. The first kappa shape index (κ1) is 16.0. The fourth-order valence-corrected chi connectivity index (χ4v) is 4.34. The van der Waals surface area contributed by atoms with E-state index in [1.54, 1.807) is 11.8 Å². The van der Waals surface area contributed by atoms with Crippen LogP contribution in [0.25, 0.3) is 0 Å². The molecule has 1 saturated carbocycles. The molecule has 0 spiro atoms. The predicted octanol–water partition coefficient (Wildman–Crippen LogP) is 1.31. The number of ether oxygens (including phenoxy) is 1. The van der Waals surface area contributed by atoms with E-state index in [2.05, 4.69) is 0 Å². The van der Waals surface area contributed by atoms with E-state index in [9.17, 15) is 19.5 Å². The Morgan fingerprint density at radius 3 is 2.57 bits per heavy atom. The van der Waals surface area contributed by atoms with Gasteiger partial charge in [-0.2, -0.15) is 0 Å². The van der Waals surface area contributed by atoms with Gasteiger partial charge in [0.25, 0.3) is 0 Å². The Hall–Kier alpha value is -1.85. The Morgan fingerprint density at radius 1 is 1.22 bits per heavy atom. The van der Waals surface area contributed by atoms with E-state index < -0.39 is 17.8 Å². The van der Waals surface area contributed by atoms with Crippen molar-refractivity contribution in [2.75, 3.05) is 19.7 Å². The van der Waals surface area contributed by atoms with E-state index >= 15 is 0 Å². The molecule has 0 radical (unpaired) electrons. The lowest BCUT2D eigenvalue weighted by atomic mass is 9.81. The van der Waals surface area contributed by atoms with Crippen LogP contribution in [0.2, 0.25) is 0 Å². The topological polar surface area (TPSA) is 83.9 Å². The molecule has 1 heterocycles. The summed E-state index contributed by atoms with van der Waals surface area (Å²) in [6, 6.07) is 0. The lowest BCUT2D eigenvalue weighted by Crippen LogP contribution is -2.48. The molecule has 2 fully saturated rings. The van der Waals surface area contributed by atoms with Crippen LogP contribution in [0.3, 0.4) is 0 Å². The number of aliphatic carboxylic acids is 1. The average Bonchev–Trinajstić information content (AvgIpc) is 3.15. The Morgan fingerprint density at radius 2 is 1.91 bits per heavy atom. The SMILES string of the molecule is CCOC(=O)[C@H]1CCCN(C(=O)[C@@H]2[C@H](C(=O)O)[C@@H]3C=C[C@@H]2C3)C1. The van der Waals surface area contributed by atoms with Gasteiger partial charge in [0.1, 0.15) is 0 Å². The molecular formula is C17H23NO5. The second-order valence-corrected chi connectivity index (χ2v) is 6.71. The minimum Gasteiger partial charge on any atom is -0.481 e. The quantitative estimate of drug-likeness (QED) is 0.623. The Balaban J connectivity index is 1.71. The van der Waals surface area contributed by atoms with Crippen LogP contribution in [0.4, 0.5) is 0 Å². The van der Waals surface area contributed by atoms with Crippen LogP contribution >= 0.6 is 0 Å². The number of nitrogens with zero attached hydrogens (tertiary/aromatic N) is 1. The Bertz CT molecular complexity index is 543. The highest BCUT2D eigenvalue weighted by Gasteiger charge is 2.53. The fourth-order valence-electron chi connectivity index (χ4n) is 4.34. The number of hydrogen-bond acceptors (Lipinski definition) is 4. The van der Waals surface area contributed by atoms with Crippen molar-refractivity contribution in [2.24, 2.45) is 29.6 Å². The highest BCUT2D eigenvalue weighted by molar-refractivity contribution is 5.87. The molecule has 5 atom stereocenters. The van der Waals surface area contributed by atoms with Crippen molar-refractivity contribution in [3.63, 3.8) is 0 Å². The highest BCUT2D eigenvalue weighted by Crippen LogP contribution is 2.49. The summed E-state index contributed by atoms with van der Waals surface area (Å²) in [4.78, 5) is 38.1. The largest absolute Gasteiger partial charge is 0.481 e. The van der Waals surface area contributed by atoms with Gasteiger partial charge >= 0.3 is 11.9 Å². The second-order valence-electron chi connectivity index (χ2n) is 6.71. The van der Waals surface area contributed by atoms with Crippen LogP contribution in [0.15, 0.2) is 12.2 Å². The first-order valence-corrected chi connectivity index (χ1v) is 8.39. The van der Waals surface area contributed by atoms with Crippen LogP contribution in [-0.4, -0.2) is 47.5 Å². The van der Waals surface area contributed by atoms with Gasteiger partial charge in [0.2, 0.25) is 5.91 Å². The van der Waals surface area contributed by atoms with Crippen molar-refractivity contribution in [1.29, 1.82) is 0 Å². The number of fused-ring (bicyclic) bond motifs is 2. The molecule has 1 N–H and O–H groups in total. The lowest BCUT2D eigenvalue weighted by molar-refractivity contribution is -0.155. The van der Waals surface area contributed by atoms with Crippen LogP contribution in [0.5, 0.6) is 0 Å². The summed E-state index contributed by atoms with van der Waals surface area (Å²) in [6.07, 6.45) is 6.15. The molecule has 126 valence electrons. The number of carbonyl (C=O) groups excluding carboxylic acids is 2. The van der Waals surface area contributed by atoms with Crippen LogP contribution in [0, 0.1) is 29.6 Å². The van der Waals surface area contributed by atoms with Gasteiger partial charge in [0.05, 0.1) is 24.4 Å². The molecule has 1 aliphatic heterocycles. The third-order valence-corrected chi connectivity index (χ3v) is 5.38. The molecule has 2 bridgehead atoms. The van der Waals surface area contributed by atoms with Gasteiger partial charge in [-0.1, -0.05) is 12.2 Å². The zero-order valence-electron chi connectivity index (χ0n) is 13.3. The maximum Gasteiger partial charge on any atom is 0.310 e. The molecule has 1 amide bonds. The van der Waals surface area contributed by atoms with Crippen molar-refractivity contribution < 1.29 is 24.2 Å². The van der Waals surface area contributed by atoms with Gasteiger partial charge in [-0.05, 0) is 38.0 Å². The van der Waals surface area contributed by atoms with Crippen LogP contribution in [-0.2, 0) is 19.1 Å². The van der Waals surface area contributed by atoms with Gasteiger partial charge in [-0.15, -0.1) is 0 Å². The summed E-state index contributed by atoms with van der Waals surface area (Å²) >= 11 is 0. The van der Waals surface area contributed by atoms with Crippen LogP contribution < -0.4 is 0 Å². The summed E-state index contributed by atoms with van der Waals surface area (Å²) in [5.74, 6) is -2.65. The van der Waals surface area contributed by atoms with Gasteiger partial charge in [-0.3, -0.25) is 14.4 Å². The van der Waals surface area contributed by atoms with Crippen molar-refractivity contribution >= 4 is 17.8 Å². The van der Waals surface area contributed by atoms with Crippen molar-refractivity contribution in [3.8, 4) is 0 Å². The van der Waals surface area contributed by atoms with E-state index in [4.69, 9.17) is 4.74 Å². The number of rotatable bonds is 4. The molecule has 6 heteroatoms. The molecule has 23 heavy (non-hydrogen) atoms. The Labute approximate surface area is 135 Å². The number of esters is 1. The number of likely N-dealkylation sites (tertiary alicyclic amines) is 1. The summed E-state index contributed by atoms with van der Waals surface area (Å²) in [5.41, 5.74) is 0. The van der Waals surface area contributed by atoms with E-state index in [1.165, 1.54) is 0 Å². The van der Waals surface area contributed by atoms with E-state index in [0.29, 0.717) is 19.7 Å². The third kappa shape index (κ3) is 2.86. The number of piperidine rings is 1. The molecular weight excluding hydrogens is 298 g/mol. The number of carbonyl (C=O) groups is 3. The molecule has 3 rings (SSSR count). The smallest absolute Gasteiger partial charge is 0.310 e. The molecule has 3 aliphatic rings. The molecule has 6 nitrogen and oxygen atoms in total. The molecule has 0 aromatic carbocycles. The minimum absolute atomic E-state index is 0.0246. The van der Waals surface area contributed by atoms with Gasteiger partial charge in [-0.25, -0.2) is 0 Å². The lowest BCUT2D eigenvalue weighted by Gasteiger charge is -2.35. The normalized spacial score (nSPS) is 35.3. The van der Waals surface area contributed by atoms with Crippen molar-refractivity contribution in [3.05, 3.63) is 12.2 Å².